The highest BCUT2D eigenvalue weighted by atomic mass is 16.7. The zero-order valence-corrected chi connectivity index (χ0v) is 60.9. The summed E-state index contributed by atoms with van der Waals surface area (Å²) in [6, 6.07) is -0.941. The molecule has 0 aromatic heterocycles. The second-order valence-electron chi connectivity index (χ2n) is 28.2. The number of aliphatic hydroxyl groups excluding tert-OH is 8. The maximum absolute atomic E-state index is 13.4. The Bertz CT molecular complexity index is 1830. The van der Waals surface area contributed by atoms with E-state index in [0.717, 1.165) is 51.4 Å². The molecule has 14 heteroatoms. The van der Waals surface area contributed by atoms with E-state index in [-0.39, 0.29) is 18.9 Å². The Morgan fingerprint density at radius 2 is 0.705 bits per heavy atom. The largest absolute Gasteiger partial charge is 0.394 e. The van der Waals surface area contributed by atoms with E-state index in [2.05, 4.69) is 67.8 Å². The van der Waals surface area contributed by atoms with Gasteiger partial charge in [0, 0.05) is 6.42 Å². The van der Waals surface area contributed by atoms with E-state index >= 15 is 0 Å². The van der Waals surface area contributed by atoms with Crippen molar-refractivity contribution in [2.75, 3.05) is 19.8 Å². The van der Waals surface area contributed by atoms with Gasteiger partial charge in [-0.25, -0.2) is 0 Å². The molecular weight excluding hydrogens is 1190 g/mol. The molecule has 95 heavy (non-hydrogen) atoms. The van der Waals surface area contributed by atoms with E-state index in [0.29, 0.717) is 12.8 Å². The monoisotopic (exact) mass is 1340 g/mol. The number of nitrogens with one attached hydrogen (secondary N) is 1. The Balaban J connectivity index is 1.64. The van der Waals surface area contributed by atoms with E-state index in [1.54, 1.807) is 6.08 Å². The molecule has 2 heterocycles. The van der Waals surface area contributed by atoms with Gasteiger partial charge >= 0.3 is 0 Å². The average molecular weight is 1350 g/mol. The Labute approximate surface area is 581 Å². The fourth-order valence-electron chi connectivity index (χ4n) is 13.1. The smallest absolute Gasteiger partial charge is 0.220 e. The molecule has 2 fully saturated rings. The van der Waals surface area contributed by atoms with Crippen LogP contribution in [0.1, 0.15) is 354 Å². The highest BCUT2D eigenvalue weighted by molar-refractivity contribution is 5.76. The number of rotatable bonds is 67. The predicted molar refractivity (Wildman–Crippen MR) is 392 cm³/mol. The topological polar surface area (TPSA) is 228 Å². The quantitative estimate of drug-likeness (QED) is 0.0204. The zero-order valence-electron chi connectivity index (χ0n) is 60.9. The van der Waals surface area contributed by atoms with Gasteiger partial charge < -0.3 is 65.1 Å². The number of amides is 1. The van der Waals surface area contributed by atoms with Crippen molar-refractivity contribution in [2.24, 2.45) is 0 Å². The summed E-state index contributed by atoms with van der Waals surface area (Å²) in [4.78, 5) is 13.4. The van der Waals surface area contributed by atoms with E-state index < -0.39 is 86.8 Å². The SMILES string of the molecule is CCCCCCC/C=C\C/C=C\CCCCCCCCCCCCCCCCCCCCCCCC(=O)NC(COC1OC(CO)C(OC2OC(CO)C(O)C(O)C2O)C(O)C1O)C(O)/C=C/CC/C=C/CC/C=C/CCCCCCCCCCCCCCCCCCCC. The lowest BCUT2D eigenvalue weighted by atomic mass is 9.97. The minimum absolute atomic E-state index is 0.248. The molecule has 14 nitrogen and oxygen atoms in total. The van der Waals surface area contributed by atoms with Crippen LogP contribution in [0.3, 0.4) is 0 Å². The standard InChI is InChI=1S/C81H149NO13/c1-3-5-7-9-11-13-15-17-19-21-23-25-27-29-31-33-34-35-36-37-39-41-43-45-47-49-51-53-55-57-59-61-63-65-73(86)82-69(68-92-80-78(91)76(89)79(72(67-84)94-80)95-81-77(90)75(88)74(87)71(66-83)93-81)70(85)64-62-60-58-56-54-52-50-48-46-44-42-40-38-32-30-28-26-24-22-20-18-16-14-12-10-8-6-4-2/h15,17,21,23,46,48,54,56,62,64,69-72,74-81,83-85,87-91H,3-14,16,18-20,22,24-45,47,49-53,55,57-61,63,65-68H2,1-2H3,(H,82,86)/b17-15-,23-21-,48-46+,56-54+,64-62+. The Morgan fingerprint density at radius 3 is 1.09 bits per heavy atom. The maximum Gasteiger partial charge on any atom is 0.220 e. The van der Waals surface area contributed by atoms with Crippen LogP contribution >= 0.6 is 0 Å². The summed E-state index contributed by atoms with van der Waals surface area (Å²) in [7, 11) is 0. The molecule has 556 valence electrons. The fourth-order valence-corrected chi connectivity index (χ4v) is 13.1. The summed E-state index contributed by atoms with van der Waals surface area (Å²) >= 11 is 0. The van der Waals surface area contributed by atoms with E-state index in [1.807, 2.05) is 6.08 Å². The minimum Gasteiger partial charge on any atom is -0.394 e. The number of aliphatic hydroxyl groups is 8. The summed E-state index contributed by atoms with van der Waals surface area (Å²) in [5, 5.41) is 87.6. The van der Waals surface area contributed by atoms with Crippen molar-refractivity contribution >= 4 is 5.91 Å². The van der Waals surface area contributed by atoms with Crippen LogP contribution in [-0.4, -0.2) is 140 Å². The highest BCUT2D eigenvalue weighted by Gasteiger charge is 2.51. The van der Waals surface area contributed by atoms with Crippen LogP contribution in [0.15, 0.2) is 60.8 Å². The van der Waals surface area contributed by atoms with Gasteiger partial charge in [0.25, 0.3) is 0 Å². The van der Waals surface area contributed by atoms with Crippen molar-refractivity contribution in [2.45, 2.75) is 428 Å². The summed E-state index contributed by atoms with van der Waals surface area (Å²) < 4.78 is 22.9. The summed E-state index contributed by atoms with van der Waals surface area (Å²) in [6.07, 6.45) is 71.7. The van der Waals surface area contributed by atoms with Gasteiger partial charge in [-0.15, -0.1) is 0 Å². The number of unbranched alkanes of at least 4 members (excludes halogenated alkanes) is 46. The molecule has 0 aromatic rings. The van der Waals surface area contributed by atoms with Crippen molar-refractivity contribution in [1.29, 1.82) is 0 Å². The van der Waals surface area contributed by atoms with Gasteiger partial charge in [0.05, 0.1) is 32.0 Å². The van der Waals surface area contributed by atoms with Gasteiger partial charge in [-0.2, -0.15) is 0 Å². The van der Waals surface area contributed by atoms with Gasteiger partial charge in [-0.3, -0.25) is 4.79 Å². The van der Waals surface area contributed by atoms with Gasteiger partial charge in [-0.05, 0) is 77.0 Å². The Hall–Kier alpha value is -2.31. The lowest BCUT2D eigenvalue weighted by Gasteiger charge is -2.46. The second kappa shape index (κ2) is 65.0. The van der Waals surface area contributed by atoms with Crippen molar-refractivity contribution in [3.05, 3.63) is 60.8 Å². The van der Waals surface area contributed by atoms with Crippen molar-refractivity contribution in [3.63, 3.8) is 0 Å². The van der Waals surface area contributed by atoms with Crippen LogP contribution in [-0.2, 0) is 23.7 Å². The van der Waals surface area contributed by atoms with E-state index in [9.17, 15) is 45.6 Å². The molecule has 9 N–H and O–H groups in total. The molecule has 2 saturated heterocycles. The number of ether oxygens (including phenoxy) is 4. The number of hydrogen-bond acceptors (Lipinski definition) is 13. The molecule has 0 radical (unpaired) electrons. The molecule has 12 atom stereocenters. The molecule has 0 saturated carbocycles. The minimum atomic E-state index is -1.79. The lowest BCUT2D eigenvalue weighted by Crippen LogP contribution is -2.65. The van der Waals surface area contributed by atoms with E-state index in [1.165, 1.54) is 270 Å². The third-order valence-corrected chi connectivity index (χ3v) is 19.4. The van der Waals surface area contributed by atoms with E-state index in [4.69, 9.17) is 18.9 Å². The molecule has 0 bridgehead atoms. The zero-order chi connectivity index (χ0) is 68.7. The Kier molecular flexibility index (Phi) is 60.8. The van der Waals surface area contributed by atoms with Crippen LogP contribution in [0.2, 0.25) is 0 Å². The molecule has 0 aliphatic carbocycles. The molecule has 2 aliphatic heterocycles. The molecule has 0 spiro atoms. The molecule has 2 aliphatic rings. The third-order valence-electron chi connectivity index (χ3n) is 19.4. The summed E-state index contributed by atoms with van der Waals surface area (Å²) in [5.74, 6) is -0.248. The summed E-state index contributed by atoms with van der Waals surface area (Å²) in [5.41, 5.74) is 0. The number of allylic oxidation sites excluding steroid dienone is 9. The molecular formula is C81H149NO13. The van der Waals surface area contributed by atoms with Gasteiger partial charge in [0.2, 0.25) is 5.91 Å². The molecule has 1 amide bonds. The van der Waals surface area contributed by atoms with Gasteiger partial charge in [0.1, 0.15) is 48.8 Å². The van der Waals surface area contributed by atoms with Crippen LogP contribution in [0.5, 0.6) is 0 Å². The fraction of sp³-hybridized carbons (Fsp3) is 0.864. The normalized spacial score (nSPS) is 22.6. The third kappa shape index (κ3) is 48.2. The van der Waals surface area contributed by atoms with Crippen LogP contribution < -0.4 is 5.32 Å². The number of carbonyl (C=O) groups is 1. The van der Waals surface area contributed by atoms with Crippen molar-refractivity contribution < 1.29 is 64.6 Å². The molecule has 12 unspecified atom stereocenters. The first-order valence-electron chi connectivity index (χ1n) is 40.0. The molecule has 2 rings (SSSR count). The van der Waals surface area contributed by atoms with Crippen molar-refractivity contribution in [3.8, 4) is 0 Å². The van der Waals surface area contributed by atoms with Gasteiger partial charge in [-0.1, -0.05) is 331 Å². The first-order chi connectivity index (χ1) is 46.6. The average Bonchev–Trinajstić information content (AvgIpc) is 0.801. The number of hydrogen-bond donors (Lipinski definition) is 9. The predicted octanol–water partition coefficient (Wildman–Crippen LogP) is 18.0. The lowest BCUT2D eigenvalue weighted by molar-refractivity contribution is -0.359. The maximum atomic E-state index is 13.4. The second-order valence-corrected chi connectivity index (χ2v) is 28.2. The summed E-state index contributed by atoms with van der Waals surface area (Å²) in [6.45, 7) is 2.82. The van der Waals surface area contributed by atoms with Crippen LogP contribution in [0, 0.1) is 0 Å². The number of carbonyl (C=O) groups excluding carboxylic acids is 1. The Morgan fingerprint density at radius 1 is 0.379 bits per heavy atom. The van der Waals surface area contributed by atoms with Crippen LogP contribution in [0.25, 0.3) is 0 Å². The molecule has 0 aromatic carbocycles. The highest BCUT2D eigenvalue weighted by Crippen LogP contribution is 2.30. The van der Waals surface area contributed by atoms with Crippen molar-refractivity contribution in [1.82, 2.24) is 5.32 Å². The van der Waals surface area contributed by atoms with Gasteiger partial charge in [0.15, 0.2) is 12.6 Å². The first kappa shape index (κ1) is 88.8. The van der Waals surface area contributed by atoms with Crippen LogP contribution in [0.4, 0.5) is 0 Å². The first-order valence-corrected chi connectivity index (χ1v) is 40.0.